The Balaban J connectivity index is 1.71. The van der Waals surface area contributed by atoms with Crippen molar-refractivity contribution >= 4 is 50.7 Å². The van der Waals surface area contributed by atoms with E-state index in [-0.39, 0.29) is 12.3 Å². The van der Waals surface area contributed by atoms with Crippen LogP contribution in [0.25, 0.3) is 10.2 Å². The maximum atomic E-state index is 12.9. The molecule has 5 nitrogen and oxygen atoms in total. The Labute approximate surface area is 158 Å². The van der Waals surface area contributed by atoms with Gasteiger partial charge in [0.2, 0.25) is 5.91 Å². The molecule has 1 amide bonds. The van der Waals surface area contributed by atoms with Crippen LogP contribution in [0.2, 0.25) is 5.02 Å². The number of hydrogen-bond donors (Lipinski definition) is 1. The minimum atomic E-state index is -0.963. The molecule has 0 bridgehead atoms. The quantitative estimate of drug-likeness (QED) is 0.731. The van der Waals surface area contributed by atoms with Gasteiger partial charge in [0.1, 0.15) is 5.01 Å². The van der Waals surface area contributed by atoms with Crippen LogP contribution in [0.5, 0.6) is 0 Å². The summed E-state index contributed by atoms with van der Waals surface area (Å²) < 4.78 is 0.893. The van der Waals surface area contributed by atoms with Gasteiger partial charge in [-0.1, -0.05) is 35.9 Å². The third-order valence-electron chi connectivity index (χ3n) is 4.49. The predicted molar refractivity (Wildman–Crippen MR) is 102 cm³/mol. The molecule has 1 aromatic heterocycles. The fourth-order valence-electron chi connectivity index (χ4n) is 3.34. The Hall–Kier alpha value is -2.44. The highest BCUT2D eigenvalue weighted by molar-refractivity contribution is 7.19. The van der Waals surface area contributed by atoms with Crippen molar-refractivity contribution < 1.29 is 14.7 Å². The maximum absolute atomic E-state index is 12.9. The highest BCUT2D eigenvalue weighted by Gasteiger charge is 2.34. The number of halogens is 1. The Morgan fingerprint density at radius 2 is 2.08 bits per heavy atom. The van der Waals surface area contributed by atoms with E-state index in [0.29, 0.717) is 18.0 Å². The molecule has 1 atom stereocenters. The SMILES string of the molecule is O=C(O)CC1Cc2ccccc2N(Cc2nc3cccc(Cl)c3s2)C1=O. The van der Waals surface area contributed by atoms with E-state index in [9.17, 15) is 9.59 Å². The number of thiazole rings is 1. The number of carbonyl (C=O) groups excluding carboxylic acids is 1. The molecule has 7 heteroatoms. The molecule has 2 aromatic carbocycles. The van der Waals surface area contributed by atoms with E-state index < -0.39 is 11.9 Å². The number of amides is 1. The van der Waals surface area contributed by atoms with Crippen LogP contribution in [0.1, 0.15) is 17.0 Å². The molecule has 0 aliphatic carbocycles. The van der Waals surface area contributed by atoms with E-state index in [1.807, 2.05) is 42.5 Å². The molecular formula is C19H15ClN2O3S. The molecule has 0 saturated heterocycles. The molecule has 1 unspecified atom stereocenters. The molecule has 0 radical (unpaired) electrons. The summed E-state index contributed by atoms with van der Waals surface area (Å²) in [6.07, 6.45) is 0.277. The average Bonchev–Trinajstić information content (AvgIpc) is 3.02. The summed E-state index contributed by atoms with van der Waals surface area (Å²) in [6.45, 7) is 0.307. The van der Waals surface area contributed by atoms with E-state index in [1.165, 1.54) is 11.3 Å². The van der Waals surface area contributed by atoms with Gasteiger partial charge in [0.05, 0.1) is 34.1 Å². The molecule has 0 saturated carbocycles. The van der Waals surface area contributed by atoms with Gasteiger partial charge in [0.15, 0.2) is 0 Å². The van der Waals surface area contributed by atoms with E-state index in [1.54, 1.807) is 4.90 Å². The van der Waals surface area contributed by atoms with Crippen LogP contribution in [-0.4, -0.2) is 22.0 Å². The lowest BCUT2D eigenvalue weighted by Gasteiger charge is -2.33. The number of benzene rings is 2. The van der Waals surface area contributed by atoms with Crippen LogP contribution in [0.4, 0.5) is 5.69 Å². The summed E-state index contributed by atoms with van der Waals surface area (Å²) in [5, 5.41) is 10.5. The summed E-state index contributed by atoms with van der Waals surface area (Å²) in [4.78, 5) is 30.3. The summed E-state index contributed by atoms with van der Waals surface area (Å²) in [6, 6.07) is 13.2. The number of aromatic nitrogens is 1. The molecule has 1 aliphatic heterocycles. The molecule has 26 heavy (non-hydrogen) atoms. The maximum Gasteiger partial charge on any atom is 0.304 e. The van der Waals surface area contributed by atoms with E-state index >= 15 is 0 Å². The molecule has 4 rings (SSSR count). The third kappa shape index (κ3) is 3.06. The summed E-state index contributed by atoms with van der Waals surface area (Å²) in [5.74, 6) is -1.69. The van der Waals surface area contributed by atoms with Gasteiger partial charge in [0.25, 0.3) is 0 Å². The molecule has 2 heterocycles. The first-order valence-electron chi connectivity index (χ1n) is 8.18. The summed E-state index contributed by atoms with van der Waals surface area (Å²) in [7, 11) is 0. The number of carboxylic acid groups (broad SMARTS) is 1. The van der Waals surface area contributed by atoms with Crippen LogP contribution < -0.4 is 4.90 Å². The zero-order valence-corrected chi connectivity index (χ0v) is 15.3. The van der Waals surface area contributed by atoms with Crippen molar-refractivity contribution in [3.05, 3.63) is 58.1 Å². The first kappa shape index (κ1) is 17.0. The summed E-state index contributed by atoms with van der Waals surface area (Å²) in [5.41, 5.74) is 2.61. The van der Waals surface area contributed by atoms with Crippen LogP contribution in [0.15, 0.2) is 42.5 Å². The minimum absolute atomic E-state index is 0.170. The first-order valence-corrected chi connectivity index (χ1v) is 9.37. The topological polar surface area (TPSA) is 70.5 Å². The van der Waals surface area contributed by atoms with Gasteiger partial charge < -0.3 is 10.0 Å². The van der Waals surface area contributed by atoms with E-state index in [0.717, 1.165) is 26.5 Å². The fourth-order valence-corrected chi connectivity index (χ4v) is 4.58. The molecule has 1 aliphatic rings. The number of hydrogen-bond acceptors (Lipinski definition) is 4. The fraction of sp³-hybridized carbons (Fsp3) is 0.211. The normalized spacial score (nSPS) is 16.7. The Morgan fingerprint density at radius 3 is 2.85 bits per heavy atom. The van der Waals surface area contributed by atoms with Crippen LogP contribution in [-0.2, 0) is 22.6 Å². The monoisotopic (exact) mass is 386 g/mol. The van der Waals surface area contributed by atoms with Crippen molar-refractivity contribution in [2.24, 2.45) is 5.92 Å². The number of nitrogens with zero attached hydrogens (tertiary/aromatic N) is 2. The van der Waals surface area contributed by atoms with Crippen molar-refractivity contribution in [2.45, 2.75) is 19.4 Å². The Bertz CT molecular complexity index is 1020. The van der Waals surface area contributed by atoms with E-state index in [2.05, 4.69) is 4.98 Å². The Kier molecular flexibility index (Phi) is 4.38. The van der Waals surface area contributed by atoms with Gasteiger partial charge in [-0.05, 0) is 30.2 Å². The summed E-state index contributed by atoms with van der Waals surface area (Å²) >= 11 is 7.68. The zero-order valence-electron chi connectivity index (χ0n) is 13.7. The second-order valence-corrected chi connectivity index (χ2v) is 7.74. The molecule has 1 N–H and O–H groups in total. The lowest BCUT2D eigenvalue weighted by Crippen LogP contribution is -2.41. The van der Waals surface area contributed by atoms with Crippen molar-refractivity contribution in [1.82, 2.24) is 4.98 Å². The van der Waals surface area contributed by atoms with Gasteiger partial charge in [0, 0.05) is 5.69 Å². The zero-order chi connectivity index (χ0) is 18.3. The van der Waals surface area contributed by atoms with Gasteiger partial charge in [-0.3, -0.25) is 9.59 Å². The molecule has 0 fully saturated rings. The minimum Gasteiger partial charge on any atom is -0.481 e. The van der Waals surface area contributed by atoms with Gasteiger partial charge in [-0.2, -0.15) is 0 Å². The largest absolute Gasteiger partial charge is 0.481 e. The number of anilines is 1. The second kappa shape index (κ2) is 6.70. The highest BCUT2D eigenvalue weighted by Crippen LogP contribution is 2.35. The highest BCUT2D eigenvalue weighted by atomic mass is 35.5. The van der Waals surface area contributed by atoms with Gasteiger partial charge in [-0.15, -0.1) is 11.3 Å². The van der Waals surface area contributed by atoms with Crippen LogP contribution in [0, 0.1) is 5.92 Å². The third-order valence-corrected chi connectivity index (χ3v) is 6.01. The number of fused-ring (bicyclic) bond motifs is 2. The molecular weight excluding hydrogens is 372 g/mol. The molecule has 0 spiro atoms. The number of aliphatic carboxylic acids is 1. The van der Waals surface area contributed by atoms with Crippen LogP contribution >= 0.6 is 22.9 Å². The predicted octanol–water partition coefficient (Wildman–Crippen LogP) is 4.13. The number of carboxylic acids is 1. The smallest absolute Gasteiger partial charge is 0.304 e. The van der Waals surface area contributed by atoms with Crippen LogP contribution in [0.3, 0.4) is 0 Å². The van der Waals surface area contributed by atoms with Crippen molar-refractivity contribution in [1.29, 1.82) is 0 Å². The standard InChI is InChI=1S/C19H15ClN2O3S/c20-13-5-3-6-14-18(13)26-16(21-14)10-22-15-7-2-1-4-11(15)8-12(19(22)25)9-17(23)24/h1-7,12H,8-10H2,(H,23,24). The van der Waals surface area contributed by atoms with Gasteiger partial charge in [-0.25, -0.2) is 4.98 Å². The van der Waals surface area contributed by atoms with Crippen molar-refractivity contribution in [3.8, 4) is 0 Å². The molecule has 132 valence electrons. The van der Waals surface area contributed by atoms with E-state index in [4.69, 9.17) is 16.7 Å². The van der Waals surface area contributed by atoms with Crippen molar-refractivity contribution in [2.75, 3.05) is 4.90 Å². The number of para-hydroxylation sites is 1. The van der Waals surface area contributed by atoms with Crippen molar-refractivity contribution in [3.63, 3.8) is 0 Å². The Morgan fingerprint density at radius 1 is 1.27 bits per heavy atom. The van der Waals surface area contributed by atoms with Gasteiger partial charge >= 0.3 is 5.97 Å². The second-order valence-electron chi connectivity index (χ2n) is 6.25. The molecule has 3 aromatic rings. The average molecular weight is 387 g/mol. The number of carbonyl (C=O) groups is 2. The number of rotatable bonds is 4. The lowest BCUT2D eigenvalue weighted by atomic mass is 9.89. The lowest BCUT2D eigenvalue weighted by molar-refractivity contribution is -0.140. The first-order chi connectivity index (χ1) is 12.5.